The summed E-state index contributed by atoms with van der Waals surface area (Å²) >= 11 is 0. The molecule has 1 fully saturated rings. The maximum absolute atomic E-state index is 12.5. The summed E-state index contributed by atoms with van der Waals surface area (Å²) in [6, 6.07) is 15.5. The fraction of sp³-hybridized carbons (Fsp3) is 0.300. The number of carbonyl (C=O) groups excluding carboxylic acids is 2. The Morgan fingerprint density at radius 2 is 1.92 bits per heavy atom. The van der Waals surface area contributed by atoms with Gasteiger partial charge < -0.3 is 9.64 Å². The maximum atomic E-state index is 12.5. The van der Waals surface area contributed by atoms with Gasteiger partial charge in [-0.3, -0.25) is 14.5 Å². The number of methoxy groups -OCH3 is 1. The van der Waals surface area contributed by atoms with Crippen molar-refractivity contribution < 1.29 is 14.3 Å². The van der Waals surface area contributed by atoms with Crippen LogP contribution in [0, 0.1) is 0 Å². The van der Waals surface area contributed by atoms with E-state index in [-0.39, 0.29) is 6.04 Å². The van der Waals surface area contributed by atoms with Crippen LogP contribution in [0.15, 0.2) is 48.5 Å². The molecule has 2 heterocycles. The molecule has 1 unspecified atom stereocenters. The number of ketones is 1. The number of rotatable bonds is 4. The number of likely N-dealkylation sites (tertiary alicyclic amines) is 1. The van der Waals surface area contributed by atoms with Crippen molar-refractivity contribution in [2.75, 3.05) is 25.1 Å². The van der Waals surface area contributed by atoms with Crippen LogP contribution >= 0.6 is 0 Å². The smallest absolute Gasteiger partial charge is 0.299 e. The van der Waals surface area contributed by atoms with Crippen LogP contribution in [0.3, 0.4) is 0 Å². The third kappa shape index (κ3) is 2.81. The van der Waals surface area contributed by atoms with Crippen molar-refractivity contribution in [3.8, 4) is 5.75 Å². The molecule has 0 saturated carbocycles. The number of amides is 1. The highest BCUT2D eigenvalue weighted by atomic mass is 16.5. The summed E-state index contributed by atoms with van der Waals surface area (Å²) in [6.45, 7) is 2.54. The minimum absolute atomic E-state index is 0.0218. The summed E-state index contributed by atoms with van der Waals surface area (Å²) < 4.78 is 5.26. The number of hydrogen-bond acceptors (Lipinski definition) is 4. The monoisotopic (exact) mass is 336 g/mol. The van der Waals surface area contributed by atoms with Crippen LogP contribution in [0.2, 0.25) is 0 Å². The number of fused-ring (bicyclic) bond motifs is 1. The second-order valence-corrected chi connectivity index (χ2v) is 6.55. The molecule has 2 aromatic rings. The Hall–Kier alpha value is -2.66. The minimum atomic E-state index is -0.421. The molecule has 2 aliphatic rings. The van der Waals surface area contributed by atoms with Gasteiger partial charge in [0.2, 0.25) is 0 Å². The van der Waals surface area contributed by atoms with E-state index >= 15 is 0 Å². The average molecular weight is 336 g/mol. The van der Waals surface area contributed by atoms with Gasteiger partial charge in [-0.05, 0) is 24.1 Å². The molecule has 0 radical (unpaired) electrons. The molecule has 1 saturated heterocycles. The molecular formula is C20H20N2O3. The van der Waals surface area contributed by atoms with Gasteiger partial charge in [0.05, 0.1) is 24.4 Å². The van der Waals surface area contributed by atoms with Crippen molar-refractivity contribution in [3.05, 3.63) is 59.7 Å². The molecule has 128 valence electrons. The first-order chi connectivity index (χ1) is 12.2. The largest absolute Gasteiger partial charge is 0.497 e. The molecule has 1 amide bonds. The van der Waals surface area contributed by atoms with E-state index in [0.717, 1.165) is 26.1 Å². The maximum Gasteiger partial charge on any atom is 0.299 e. The van der Waals surface area contributed by atoms with Gasteiger partial charge in [0.15, 0.2) is 0 Å². The Labute approximate surface area is 146 Å². The molecule has 0 aliphatic carbocycles. The zero-order valence-electron chi connectivity index (χ0n) is 14.1. The molecule has 0 spiro atoms. The first-order valence-corrected chi connectivity index (χ1v) is 8.49. The lowest BCUT2D eigenvalue weighted by Crippen LogP contribution is -2.41. The van der Waals surface area contributed by atoms with Crippen molar-refractivity contribution in [3.63, 3.8) is 0 Å². The fourth-order valence-corrected chi connectivity index (χ4v) is 3.73. The molecule has 25 heavy (non-hydrogen) atoms. The summed E-state index contributed by atoms with van der Waals surface area (Å²) in [5, 5.41) is 0. The second kappa shape index (κ2) is 6.33. The molecule has 0 N–H and O–H groups in total. The number of benzene rings is 2. The summed E-state index contributed by atoms with van der Waals surface area (Å²) in [7, 11) is 1.59. The van der Waals surface area contributed by atoms with Gasteiger partial charge in [0.1, 0.15) is 5.75 Å². The quantitative estimate of drug-likeness (QED) is 0.805. The summed E-state index contributed by atoms with van der Waals surface area (Å²) in [5.74, 6) is -0.181. The van der Waals surface area contributed by atoms with E-state index in [9.17, 15) is 9.59 Å². The highest BCUT2D eigenvalue weighted by Gasteiger charge is 2.42. The molecule has 5 nitrogen and oxygen atoms in total. The van der Waals surface area contributed by atoms with Crippen LogP contribution in [-0.4, -0.2) is 42.8 Å². The topological polar surface area (TPSA) is 49.9 Å². The lowest BCUT2D eigenvalue weighted by Gasteiger charge is -2.25. The van der Waals surface area contributed by atoms with Crippen molar-refractivity contribution in [1.82, 2.24) is 4.90 Å². The van der Waals surface area contributed by atoms with Gasteiger partial charge >= 0.3 is 0 Å². The number of hydrogen-bond donors (Lipinski definition) is 0. The van der Waals surface area contributed by atoms with E-state index < -0.39 is 11.7 Å². The standard InChI is InChI=1S/C20H20N2O3/c1-25-16-7-8-17-18(11-16)22(20(24)19(17)23)15-9-10-21(13-15)12-14-5-3-2-4-6-14/h2-8,11,15H,9-10,12-13H2,1H3. The lowest BCUT2D eigenvalue weighted by molar-refractivity contribution is -0.114. The Kier molecular flexibility index (Phi) is 4.01. The van der Waals surface area contributed by atoms with Gasteiger partial charge in [0.25, 0.3) is 11.7 Å². The van der Waals surface area contributed by atoms with Crippen LogP contribution in [-0.2, 0) is 11.3 Å². The van der Waals surface area contributed by atoms with Crippen molar-refractivity contribution in [2.24, 2.45) is 0 Å². The predicted molar refractivity (Wildman–Crippen MR) is 94.9 cm³/mol. The van der Waals surface area contributed by atoms with Gasteiger partial charge in [0, 0.05) is 25.7 Å². The van der Waals surface area contributed by atoms with E-state index in [4.69, 9.17) is 4.74 Å². The summed E-state index contributed by atoms with van der Waals surface area (Å²) in [5.41, 5.74) is 2.42. The third-order valence-electron chi connectivity index (χ3n) is 4.98. The SMILES string of the molecule is COc1ccc2c(c1)N(C1CCN(Cc3ccccc3)C1)C(=O)C2=O. The van der Waals surface area contributed by atoms with Gasteiger partial charge in [-0.25, -0.2) is 0 Å². The molecule has 0 aromatic heterocycles. The van der Waals surface area contributed by atoms with E-state index in [0.29, 0.717) is 17.0 Å². The first-order valence-electron chi connectivity index (χ1n) is 8.49. The highest BCUT2D eigenvalue weighted by molar-refractivity contribution is 6.52. The molecule has 1 atom stereocenters. The lowest BCUT2D eigenvalue weighted by atomic mass is 10.1. The minimum Gasteiger partial charge on any atom is -0.497 e. The summed E-state index contributed by atoms with van der Waals surface area (Å²) in [4.78, 5) is 28.8. The normalized spacial score (nSPS) is 20.2. The van der Waals surface area contributed by atoms with Crippen molar-refractivity contribution in [1.29, 1.82) is 0 Å². The van der Waals surface area contributed by atoms with E-state index in [1.807, 2.05) is 18.2 Å². The van der Waals surface area contributed by atoms with E-state index in [2.05, 4.69) is 17.0 Å². The zero-order chi connectivity index (χ0) is 17.4. The number of carbonyl (C=O) groups is 2. The number of Topliss-reactive ketones (excluding diaryl/α,β-unsaturated/α-hetero) is 1. The number of anilines is 1. The second-order valence-electron chi connectivity index (χ2n) is 6.55. The number of nitrogens with zero attached hydrogens (tertiary/aromatic N) is 2. The Morgan fingerprint density at radius 3 is 2.68 bits per heavy atom. The van der Waals surface area contributed by atoms with Crippen LogP contribution < -0.4 is 9.64 Å². The van der Waals surface area contributed by atoms with E-state index in [1.165, 1.54) is 5.56 Å². The van der Waals surface area contributed by atoms with Crippen LogP contribution in [0.5, 0.6) is 5.75 Å². The Balaban J connectivity index is 1.55. The highest BCUT2D eigenvalue weighted by Crippen LogP contribution is 2.36. The molecule has 2 aliphatic heterocycles. The van der Waals surface area contributed by atoms with Crippen LogP contribution in [0.1, 0.15) is 22.3 Å². The van der Waals surface area contributed by atoms with E-state index in [1.54, 1.807) is 30.2 Å². The number of ether oxygens (including phenoxy) is 1. The summed E-state index contributed by atoms with van der Waals surface area (Å²) in [6.07, 6.45) is 0.864. The molecule has 5 heteroatoms. The predicted octanol–water partition coefficient (Wildman–Crippen LogP) is 2.50. The molecule has 4 rings (SSSR count). The molecule has 0 bridgehead atoms. The first kappa shape index (κ1) is 15.8. The zero-order valence-corrected chi connectivity index (χ0v) is 14.1. The van der Waals surface area contributed by atoms with Gasteiger partial charge in [-0.15, -0.1) is 0 Å². The molecular weight excluding hydrogens is 316 g/mol. The van der Waals surface area contributed by atoms with Crippen molar-refractivity contribution >= 4 is 17.4 Å². The third-order valence-corrected chi connectivity index (χ3v) is 4.98. The Bertz CT molecular complexity index is 819. The molecule has 2 aromatic carbocycles. The van der Waals surface area contributed by atoms with Gasteiger partial charge in [-0.1, -0.05) is 30.3 Å². The van der Waals surface area contributed by atoms with Crippen LogP contribution in [0.4, 0.5) is 5.69 Å². The van der Waals surface area contributed by atoms with Gasteiger partial charge in [-0.2, -0.15) is 0 Å². The average Bonchev–Trinajstić information content (AvgIpc) is 3.18. The Morgan fingerprint density at radius 1 is 1.12 bits per heavy atom. The fourth-order valence-electron chi connectivity index (χ4n) is 3.73. The van der Waals surface area contributed by atoms with Crippen molar-refractivity contribution in [2.45, 2.75) is 19.0 Å². The van der Waals surface area contributed by atoms with Crippen LogP contribution in [0.25, 0.3) is 0 Å².